The Morgan fingerprint density at radius 1 is 1.45 bits per heavy atom. The van der Waals surface area contributed by atoms with Crippen LogP contribution in [0, 0.1) is 0 Å². The van der Waals surface area contributed by atoms with Gasteiger partial charge in [0.05, 0.1) is 5.60 Å². The molecule has 1 aromatic rings. The summed E-state index contributed by atoms with van der Waals surface area (Å²) in [6.07, 6.45) is 4.35. The Kier molecular flexibility index (Phi) is 3.84. The topological polar surface area (TPSA) is 74.5 Å². The number of aliphatic hydroxyl groups is 1. The maximum Gasteiger partial charge on any atom is 0.226 e. The van der Waals surface area contributed by atoms with Crippen LogP contribution in [0.5, 0.6) is 0 Å². The van der Waals surface area contributed by atoms with Crippen molar-refractivity contribution in [3.8, 4) is 0 Å². The minimum Gasteiger partial charge on any atom is -0.388 e. The first-order chi connectivity index (χ1) is 10.4. The normalized spacial score (nSPS) is 25.4. The third-order valence-corrected chi connectivity index (χ3v) is 4.84. The van der Waals surface area contributed by atoms with Crippen molar-refractivity contribution in [1.82, 2.24) is 19.7 Å². The monoisotopic (exact) mass is 307 g/mol. The van der Waals surface area contributed by atoms with Crippen LogP contribution in [0.1, 0.15) is 38.4 Å². The van der Waals surface area contributed by atoms with Gasteiger partial charge in [-0.2, -0.15) is 0 Å². The Labute approximate surface area is 130 Å². The number of hydrogen-bond acceptors (Lipinski definition) is 5. The average molecular weight is 307 g/mol. The van der Waals surface area contributed by atoms with Gasteiger partial charge in [-0.25, -0.2) is 0 Å². The van der Waals surface area contributed by atoms with E-state index >= 15 is 0 Å². The summed E-state index contributed by atoms with van der Waals surface area (Å²) in [5, 5.41) is 19.4. The molecule has 1 saturated carbocycles. The summed E-state index contributed by atoms with van der Waals surface area (Å²) < 4.78 is 1.96. The Hall–Kier alpha value is -1.63. The minimum absolute atomic E-state index is 0.0187. The predicted molar refractivity (Wildman–Crippen MR) is 82.6 cm³/mol. The molecule has 2 fully saturated rings. The van der Waals surface area contributed by atoms with Gasteiger partial charge in [0.15, 0.2) is 0 Å². The number of β-amino-alcohol motifs (C(OH)–C–C–N with tert-alkyl or cyclic N) is 1. The molecule has 22 heavy (non-hydrogen) atoms. The number of amides is 1. The van der Waals surface area contributed by atoms with E-state index in [1.807, 2.05) is 18.7 Å². The van der Waals surface area contributed by atoms with Crippen molar-refractivity contribution >= 4 is 11.9 Å². The molecule has 1 saturated heterocycles. The molecule has 122 valence electrons. The maximum absolute atomic E-state index is 11.6. The molecule has 1 atom stereocenters. The minimum atomic E-state index is -0.903. The van der Waals surface area contributed by atoms with Crippen LogP contribution < -0.4 is 4.90 Å². The molecule has 2 heterocycles. The molecular formula is C15H25N5O2. The van der Waals surface area contributed by atoms with Crippen LogP contribution in [-0.4, -0.2) is 62.5 Å². The molecule has 2 aliphatic rings. The molecule has 7 heteroatoms. The lowest BCUT2D eigenvalue weighted by Crippen LogP contribution is -2.51. The number of aromatic nitrogens is 3. The average Bonchev–Trinajstić information content (AvgIpc) is 3.25. The zero-order valence-corrected chi connectivity index (χ0v) is 13.6. The van der Waals surface area contributed by atoms with E-state index in [4.69, 9.17) is 0 Å². The highest BCUT2D eigenvalue weighted by Crippen LogP contribution is 2.30. The first kappa shape index (κ1) is 15.3. The fraction of sp³-hybridized carbons (Fsp3) is 0.800. The zero-order valence-electron chi connectivity index (χ0n) is 13.6. The Balaban J connectivity index is 1.73. The summed E-state index contributed by atoms with van der Waals surface area (Å²) in [4.78, 5) is 15.4. The van der Waals surface area contributed by atoms with Gasteiger partial charge in [0.2, 0.25) is 11.9 Å². The van der Waals surface area contributed by atoms with E-state index in [-0.39, 0.29) is 5.91 Å². The van der Waals surface area contributed by atoms with Gasteiger partial charge < -0.3 is 19.5 Å². The first-order valence-electron chi connectivity index (χ1n) is 7.99. The Morgan fingerprint density at radius 3 is 2.82 bits per heavy atom. The number of anilines is 1. The molecule has 1 aliphatic carbocycles. The molecule has 3 rings (SSSR count). The third-order valence-electron chi connectivity index (χ3n) is 4.84. The number of carbonyl (C=O) groups excluding carboxylic acids is 1. The van der Waals surface area contributed by atoms with Gasteiger partial charge in [-0.1, -0.05) is 0 Å². The molecule has 1 aliphatic heterocycles. The molecule has 0 bridgehead atoms. The molecule has 1 unspecified atom stereocenters. The number of piperidine rings is 1. The fourth-order valence-corrected chi connectivity index (χ4v) is 3.26. The van der Waals surface area contributed by atoms with E-state index in [0.29, 0.717) is 25.4 Å². The highest BCUT2D eigenvalue weighted by atomic mass is 16.3. The number of hydrogen-bond donors (Lipinski definition) is 1. The second kappa shape index (κ2) is 5.53. The lowest BCUT2D eigenvalue weighted by molar-refractivity contribution is -0.136. The molecule has 0 radical (unpaired) electrons. The van der Waals surface area contributed by atoms with Crippen molar-refractivity contribution in [3.63, 3.8) is 0 Å². The number of rotatable bonds is 4. The van der Waals surface area contributed by atoms with Gasteiger partial charge in [-0.3, -0.25) is 4.79 Å². The highest BCUT2D eigenvalue weighted by Gasteiger charge is 2.36. The lowest BCUT2D eigenvalue weighted by atomic mass is 9.89. The summed E-state index contributed by atoms with van der Waals surface area (Å²) in [6.45, 7) is 2.66. The highest BCUT2D eigenvalue weighted by molar-refractivity contribution is 5.73. The summed E-state index contributed by atoms with van der Waals surface area (Å²) in [5.74, 6) is 1.64. The molecule has 1 amide bonds. The molecular weight excluding hydrogens is 282 g/mol. The summed E-state index contributed by atoms with van der Waals surface area (Å²) >= 11 is 0. The van der Waals surface area contributed by atoms with Crippen molar-refractivity contribution in [2.75, 3.05) is 25.0 Å². The van der Waals surface area contributed by atoms with Crippen LogP contribution in [0.25, 0.3) is 0 Å². The van der Waals surface area contributed by atoms with Gasteiger partial charge in [0, 0.05) is 46.6 Å². The molecule has 1 N–H and O–H groups in total. The van der Waals surface area contributed by atoms with E-state index in [9.17, 15) is 9.90 Å². The van der Waals surface area contributed by atoms with Gasteiger partial charge in [0.1, 0.15) is 5.82 Å². The second-order valence-corrected chi connectivity index (χ2v) is 6.76. The van der Waals surface area contributed by atoms with Crippen molar-refractivity contribution in [2.24, 2.45) is 7.05 Å². The molecule has 0 spiro atoms. The van der Waals surface area contributed by atoms with Crippen LogP contribution in [0.4, 0.5) is 5.95 Å². The SMILES string of the molecule is CC(=O)N1CCCC(O)(Cc2nnc(N(C)C3CC3)n2C)C1. The van der Waals surface area contributed by atoms with Gasteiger partial charge in [0.25, 0.3) is 0 Å². The first-order valence-corrected chi connectivity index (χ1v) is 7.99. The maximum atomic E-state index is 11.6. The molecule has 7 nitrogen and oxygen atoms in total. The smallest absolute Gasteiger partial charge is 0.226 e. The van der Waals surface area contributed by atoms with E-state index in [1.54, 1.807) is 11.8 Å². The van der Waals surface area contributed by atoms with Crippen LogP contribution in [0.15, 0.2) is 0 Å². The van der Waals surface area contributed by atoms with Crippen molar-refractivity contribution in [1.29, 1.82) is 0 Å². The van der Waals surface area contributed by atoms with Crippen LogP contribution in [0.3, 0.4) is 0 Å². The summed E-state index contributed by atoms with van der Waals surface area (Å²) in [5.41, 5.74) is -0.903. The lowest BCUT2D eigenvalue weighted by Gasteiger charge is -2.38. The van der Waals surface area contributed by atoms with E-state index in [0.717, 1.165) is 24.7 Å². The van der Waals surface area contributed by atoms with Gasteiger partial charge in [-0.05, 0) is 25.7 Å². The van der Waals surface area contributed by atoms with Gasteiger partial charge >= 0.3 is 0 Å². The van der Waals surface area contributed by atoms with Crippen LogP contribution >= 0.6 is 0 Å². The largest absolute Gasteiger partial charge is 0.388 e. The fourth-order valence-electron chi connectivity index (χ4n) is 3.26. The number of carbonyl (C=O) groups is 1. The zero-order chi connectivity index (χ0) is 15.9. The Bertz CT molecular complexity index is 568. The molecule has 1 aromatic heterocycles. The van der Waals surface area contributed by atoms with E-state index in [2.05, 4.69) is 15.1 Å². The third kappa shape index (κ3) is 2.95. The molecule has 0 aromatic carbocycles. The van der Waals surface area contributed by atoms with Crippen molar-refractivity contribution in [2.45, 2.75) is 50.7 Å². The number of likely N-dealkylation sites (tertiary alicyclic amines) is 1. The second-order valence-electron chi connectivity index (χ2n) is 6.76. The predicted octanol–water partition coefficient (Wildman–Crippen LogP) is 0.330. The van der Waals surface area contributed by atoms with Crippen LogP contribution in [-0.2, 0) is 18.3 Å². The van der Waals surface area contributed by atoms with E-state index < -0.39 is 5.60 Å². The number of nitrogens with zero attached hydrogens (tertiary/aromatic N) is 5. The summed E-state index contributed by atoms with van der Waals surface area (Å²) in [6, 6.07) is 0.571. The summed E-state index contributed by atoms with van der Waals surface area (Å²) in [7, 11) is 3.98. The standard InChI is InChI=1S/C15H25N5O2/c1-11(21)20-8-4-7-15(22,10-20)9-13-16-17-14(19(13)3)18(2)12-5-6-12/h12,22H,4-10H2,1-3H3. The van der Waals surface area contributed by atoms with E-state index in [1.165, 1.54) is 12.8 Å². The van der Waals surface area contributed by atoms with Gasteiger partial charge in [-0.15, -0.1) is 10.2 Å². The quantitative estimate of drug-likeness (QED) is 0.868. The van der Waals surface area contributed by atoms with Crippen molar-refractivity contribution in [3.05, 3.63) is 5.82 Å². The Morgan fingerprint density at radius 2 is 2.18 bits per heavy atom. The van der Waals surface area contributed by atoms with Crippen molar-refractivity contribution < 1.29 is 9.90 Å². The van der Waals surface area contributed by atoms with Crippen LogP contribution in [0.2, 0.25) is 0 Å².